The Balaban J connectivity index is 2.40. The number of carbonyl (C=O) groups excluding carboxylic acids is 2. The molecule has 1 aliphatic rings. The van der Waals surface area contributed by atoms with Crippen molar-refractivity contribution in [2.75, 3.05) is 6.61 Å². The Morgan fingerprint density at radius 3 is 2.76 bits per heavy atom. The number of hydrogen-bond acceptors (Lipinski definition) is 4. The third kappa shape index (κ3) is 4.73. The van der Waals surface area contributed by atoms with E-state index in [0.29, 0.717) is 0 Å². The summed E-state index contributed by atoms with van der Waals surface area (Å²) in [7, 11) is 0. The summed E-state index contributed by atoms with van der Waals surface area (Å²) in [6.07, 6.45) is 4.95. The summed E-state index contributed by atoms with van der Waals surface area (Å²) < 4.78 is 5.18. The maximum Gasteiger partial charge on any atom is 0.331 e. The molecule has 5 nitrogen and oxygen atoms in total. The topological polar surface area (TPSA) is 75.6 Å². The van der Waals surface area contributed by atoms with E-state index in [2.05, 4.69) is 12.2 Å². The number of nitrogens with one attached hydrogen (secondary N) is 1. The summed E-state index contributed by atoms with van der Waals surface area (Å²) in [6.45, 7) is 1.72. The van der Waals surface area contributed by atoms with Gasteiger partial charge in [-0.3, -0.25) is 4.79 Å². The quantitative estimate of drug-likeness (QED) is 0.533. The van der Waals surface area contributed by atoms with Gasteiger partial charge in [0, 0.05) is 0 Å². The average molecular weight is 243 g/mol. The highest BCUT2D eigenvalue weighted by Crippen LogP contribution is 2.14. The maximum absolute atomic E-state index is 11.5. The minimum Gasteiger partial charge on any atom is -0.460 e. The van der Waals surface area contributed by atoms with Crippen molar-refractivity contribution in [1.82, 2.24) is 5.32 Å². The van der Waals surface area contributed by atoms with Crippen molar-refractivity contribution >= 4 is 11.9 Å². The van der Waals surface area contributed by atoms with Crippen LogP contribution in [0.4, 0.5) is 0 Å². The zero-order valence-corrected chi connectivity index (χ0v) is 10.3. The molecule has 5 heteroatoms. The lowest BCUT2D eigenvalue weighted by Gasteiger charge is -2.14. The minimum atomic E-state index is -0.900. The first-order valence-corrected chi connectivity index (χ1v) is 6.28. The van der Waals surface area contributed by atoms with Crippen LogP contribution in [-0.2, 0) is 14.3 Å². The van der Waals surface area contributed by atoms with Crippen molar-refractivity contribution in [3.05, 3.63) is 0 Å². The Bertz CT molecular complexity index is 267. The lowest BCUT2D eigenvalue weighted by atomic mass is 10.1. The predicted octanol–water partition coefficient (Wildman–Crippen LogP) is 0.749. The van der Waals surface area contributed by atoms with Crippen molar-refractivity contribution in [2.24, 2.45) is 0 Å². The SMILES string of the molecule is CCCCCC[C@@H]1CC(=O)N[C@@H](CO)C(=O)O1. The van der Waals surface area contributed by atoms with Gasteiger partial charge in [-0.15, -0.1) is 0 Å². The van der Waals surface area contributed by atoms with Crippen LogP contribution in [0, 0.1) is 0 Å². The molecule has 0 aromatic carbocycles. The molecule has 1 saturated heterocycles. The van der Waals surface area contributed by atoms with Gasteiger partial charge in [0.05, 0.1) is 13.0 Å². The zero-order chi connectivity index (χ0) is 12.7. The Kier molecular flexibility index (Phi) is 5.97. The molecule has 2 N–H and O–H groups in total. The molecule has 1 heterocycles. The Labute approximate surface area is 102 Å². The van der Waals surface area contributed by atoms with E-state index in [1.54, 1.807) is 0 Å². The molecule has 0 aliphatic carbocycles. The highest BCUT2D eigenvalue weighted by atomic mass is 16.5. The van der Waals surface area contributed by atoms with Crippen LogP contribution >= 0.6 is 0 Å². The van der Waals surface area contributed by atoms with Crippen LogP contribution in [0.3, 0.4) is 0 Å². The van der Waals surface area contributed by atoms with Gasteiger partial charge in [0.25, 0.3) is 0 Å². The maximum atomic E-state index is 11.5. The molecule has 2 atom stereocenters. The van der Waals surface area contributed by atoms with Crippen LogP contribution in [0.2, 0.25) is 0 Å². The van der Waals surface area contributed by atoms with E-state index in [1.807, 2.05) is 0 Å². The molecule has 0 aromatic rings. The summed E-state index contributed by atoms with van der Waals surface area (Å²) in [5.74, 6) is -0.755. The molecule has 1 aliphatic heterocycles. The van der Waals surface area contributed by atoms with Gasteiger partial charge < -0.3 is 15.2 Å². The Morgan fingerprint density at radius 1 is 1.35 bits per heavy atom. The highest BCUT2D eigenvalue weighted by molar-refractivity contribution is 5.86. The van der Waals surface area contributed by atoms with Crippen LogP contribution in [0.25, 0.3) is 0 Å². The summed E-state index contributed by atoms with van der Waals surface area (Å²) in [5, 5.41) is 11.4. The van der Waals surface area contributed by atoms with Gasteiger partial charge in [-0.05, 0) is 12.8 Å². The fourth-order valence-corrected chi connectivity index (χ4v) is 1.89. The molecule has 17 heavy (non-hydrogen) atoms. The molecule has 98 valence electrons. The fourth-order valence-electron chi connectivity index (χ4n) is 1.89. The minimum absolute atomic E-state index is 0.203. The van der Waals surface area contributed by atoms with Crippen molar-refractivity contribution in [1.29, 1.82) is 0 Å². The number of ether oxygens (including phenoxy) is 1. The number of unbranched alkanes of at least 4 members (excludes halogenated alkanes) is 3. The first-order valence-electron chi connectivity index (χ1n) is 6.28. The largest absolute Gasteiger partial charge is 0.460 e. The normalized spacial score (nSPS) is 25.1. The third-order valence-corrected chi connectivity index (χ3v) is 2.88. The van der Waals surface area contributed by atoms with E-state index in [0.717, 1.165) is 32.1 Å². The van der Waals surface area contributed by atoms with Crippen LogP contribution in [0.15, 0.2) is 0 Å². The number of aliphatic hydroxyl groups is 1. The van der Waals surface area contributed by atoms with E-state index in [-0.39, 0.29) is 18.4 Å². The predicted molar refractivity (Wildman–Crippen MR) is 62.3 cm³/mol. The van der Waals surface area contributed by atoms with E-state index < -0.39 is 18.6 Å². The second kappa shape index (κ2) is 7.27. The highest BCUT2D eigenvalue weighted by Gasteiger charge is 2.30. The van der Waals surface area contributed by atoms with Crippen molar-refractivity contribution in [3.63, 3.8) is 0 Å². The van der Waals surface area contributed by atoms with E-state index >= 15 is 0 Å². The first-order chi connectivity index (χ1) is 8.17. The van der Waals surface area contributed by atoms with Crippen molar-refractivity contribution < 1.29 is 19.4 Å². The van der Waals surface area contributed by atoms with Gasteiger partial charge in [-0.25, -0.2) is 4.79 Å². The molecule has 0 saturated carbocycles. The van der Waals surface area contributed by atoms with E-state index in [1.165, 1.54) is 0 Å². The fraction of sp³-hybridized carbons (Fsp3) is 0.833. The van der Waals surface area contributed by atoms with Crippen LogP contribution in [0.5, 0.6) is 0 Å². The van der Waals surface area contributed by atoms with Gasteiger partial charge in [-0.1, -0.05) is 26.2 Å². The molecular formula is C12H21NO4. The number of amides is 1. The molecule has 1 fully saturated rings. The van der Waals surface area contributed by atoms with Crippen LogP contribution in [-0.4, -0.2) is 35.7 Å². The first kappa shape index (κ1) is 14.0. The summed E-state index contributed by atoms with van der Waals surface area (Å²) >= 11 is 0. The Morgan fingerprint density at radius 2 is 2.12 bits per heavy atom. The average Bonchev–Trinajstić information content (AvgIpc) is 2.43. The number of hydrogen-bond donors (Lipinski definition) is 2. The van der Waals surface area contributed by atoms with Gasteiger partial charge >= 0.3 is 5.97 Å². The number of carbonyl (C=O) groups is 2. The van der Waals surface area contributed by atoms with Gasteiger partial charge in [0.1, 0.15) is 6.10 Å². The monoisotopic (exact) mass is 243 g/mol. The molecule has 1 amide bonds. The molecule has 1 rings (SSSR count). The van der Waals surface area contributed by atoms with Gasteiger partial charge in [-0.2, -0.15) is 0 Å². The van der Waals surface area contributed by atoms with Crippen molar-refractivity contribution in [2.45, 2.75) is 57.6 Å². The summed E-state index contributed by atoms with van der Waals surface area (Å²) in [6, 6.07) is -0.900. The van der Waals surface area contributed by atoms with E-state index in [9.17, 15) is 9.59 Å². The van der Waals surface area contributed by atoms with E-state index in [4.69, 9.17) is 9.84 Å². The smallest absolute Gasteiger partial charge is 0.331 e. The molecule has 0 bridgehead atoms. The van der Waals surface area contributed by atoms with Crippen molar-refractivity contribution in [3.8, 4) is 0 Å². The second-order valence-electron chi connectivity index (χ2n) is 4.42. The lowest BCUT2D eigenvalue weighted by molar-refractivity contribution is -0.151. The van der Waals surface area contributed by atoms with Crippen LogP contribution < -0.4 is 5.32 Å². The number of aliphatic hydroxyl groups excluding tert-OH is 1. The third-order valence-electron chi connectivity index (χ3n) is 2.88. The molecular weight excluding hydrogens is 222 g/mol. The summed E-state index contributed by atoms with van der Waals surface area (Å²) in [5.41, 5.74) is 0. The Hall–Kier alpha value is -1.10. The standard InChI is InChI=1S/C12H21NO4/c1-2-3-4-5-6-9-7-11(15)13-10(8-14)12(16)17-9/h9-10,14H,2-8H2,1H3,(H,13,15)/t9-,10+/m1/s1. The van der Waals surface area contributed by atoms with Crippen LogP contribution in [0.1, 0.15) is 45.4 Å². The number of cyclic esters (lactones) is 1. The second-order valence-corrected chi connectivity index (χ2v) is 4.42. The van der Waals surface area contributed by atoms with Gasteiger partial charge in [0.2, 0.25) is 5.91 Å². The number of esters is 1. The molecule has 0 unspecified atom stereocenters. The van der Waals surface area contributed by atoms with Gasteiger partial charge in [0.15, 0.2) is 6.04 Å². The summed E-state index contributed by atoms with van der Waals surface area (Å²) in [4.78, 5) is 22.9. The lowest BCUT2D eigenvalue weighted by Crippen LogP contribution is -2.41. The molecule has 0 spiro atoms. The zero-order valence-electron chi connectivity index (χ0n) is 10.3. The molecule has 0 aromatic heterocycles. The molecule has 0 radical (unpaired) electrons. The number of rotatable bonds is 6.